The van der Waals surface area contributed by atoms with Crippen LogP contribution in [0.25, 0.3) is 0 Å². The van der Waals surface area contributed by atoms with Gasteiger partial charge in [0.05, 0.1) is 0 Å². The van der Waals surface area contributed by atoms with Gasteiger partial charge < -0.3 is 9.80 Å². The van der Waals surface area contributed by atoms with Crippen molar-refractivity contribution >= 4 is 23.6 Å². The average Bonchev–Trinajstić information content (AvgIpc) is 2.77. The SMILES string of the molecule is CC(=O)N1CCCN(C(=O)CCSc2ccc(C)c(C)c2)CC1. The lowest BCUT2D eigenvalue weighted by atomic mass is 10.1. The van der Waals surface area contributed by atoms with Crippen LogP contribution in [0, 0.1) is 13.8 Å². The van der Waals surface area contributed by atoms with Crippen molar-refractivity contribution < 1.29 is 9.59 Å². The van der Waals surface area contributed by atoms with E-state index in [1.165, 1.54) is 16.0 Å². The Kier molecular flexibility index (Phi) is 6.51. The first kappa shape index (κ1) is 17.9. The Bertz CT molecular complexity index is 574. The molecule has 126 valence electrons. The van der Waals surface area contributed by atoms with E-state index in [2.05, 4.69) is 32.0 Å². The van der Waals surface area contributed by atoms with Gasteiger partial charge in [-0.1, -0.05) is 6.07 Å². The molecule has 4 nitrogen and oxygen atoms in total. The molecule has 1 aromatic carbocycles. The highest BCUT2D eigenvalue weighted by atomic mass is 32.2. The van der Waals surface area contributed by atoms with Crippen LogP contribution in [0.4, 0.5) is 0 Å². The van der Waals surface area contributed by atoms with E-state index in [4.69, 9.17) is 0 Å². The lowest BCUT2D eigenvalue weighted by Crippen LogP contribution is -2.36. The number of rotatable bonds is 4. The van der Waals surface area contributed by atoms with Gasteiger partial charge in [-0.15, -0.1) is 11.8 Å². The zero-order chi connectivity index (χ0) is 16.8. The molecule has 1 aliphatic heterocycles. The fourth-order valence-corrected chi connectivity index (χ4v) is 3.64. The predicted octanol–water partition coefficient (Wildman–Crippen LogP) is 2.87. The van der Waals surface area contributed by atoms with E-state index in [-0.39, 0.29) is 11.8 Å². The Hall–Kier alpha value is -1.49. The van der Waals surface area contributed by atoms with Crippen molar-refractivity contribution in [3.63, 3.8) is 0 Å². The quantitative estimate of drug-likeness (QED) is 0.795. The Morgan fingerprint density at radius 2 is 1.74 bits per heavy atom. The molecule has 0 radical (unpaired) electrons. The van der Waals surface area contributed by atoms with Crippen molar-refractivity contribution in [2.45, 2.75) is 38.5 Å². The molecule has 0 saturated carbocycles. The van der Waals surface area contributed by atoms with Crippen molar-refractivity contribution in [2.24, 2.45) is 0 Å². The molecular weight excluding hydrogens is 308 g/mol. The smallest absolute Gasteiger partial charge is 0.223 e. The van der Waals surface area contributed by atoms with E-state index in [9.17, 15) is 9.59 Å². The molecule has 0 atom stereocenters. The second-order valence-electron chi connectivity index (χ2n) is 6.08. The number of hydrogen-bond donors (Lipinski definition) is 0. The predicted molar refractivity (Wildman–Crippen MR) is 94.7 cm³/mol. The van der Waals surface area contributed by atoms with Crippen molar-refractivity contribution in [2.75, 3.05) is 31.9 Å². The number of nitrogens with zero attached hydrogens (tertiary/aromatic N) is 2. The summed E-state index contributed by atoms with van der Waals surface area (Å²) in [7, 11) is 0. The van der Waals surface area contributed by atoms with Gasteiger partial charge in [-0.05, 0) is 43.5 Å². The zero-order valence-corrected chi connectivity index (χ0v) is 15.1. The number of carbonyl (C=O) groups excluding carboxylic acids is 2. The lowest BCUT2D eigenvalue weighted by Gasteiger charge is -2.21. The molecular formula is C18H26N2O2S. The minimum atomic E-state index is 0.101. The first-order valence-electron chi connectivity index (χ1n) is 8.20. The van der Waals surface area contributed by atoms with Crippen molar-refractivity contribution in [1.82, 2.24) is 9.80 Å². The molecule has 1 aromatic rings. The number of amides is 2. The van der Waals surface area contributed by atoms with Gasteiger partial charge in [-0.25, -0.2) is 0 Å². The summed E-state index contributed by atoms with van der Waals surface area (Å²) in [6.45, 7) is 8.66. The Morgan fingerprint density at radius 3 is 2.43 bits per heavy atom. The first-order valence-corrected chi connectivity index (χ1v) is 9.19. The monoisotopic (exact) mass is 334 g/mol. The fourth-order valence-electron chi connectivity index (χ4n) is 2.70. The van der Waals surface area contributed by atoms with Gasteiger partial charge in [0.15, 0.2) is 0 Å². The van der Waals surface area contributed by atoms with E-state index in [0.29, 0.717) is 19.5 Å². The highest BCUT2D eigenvalue weighted by molar-refractivity contribution is 7.99. The van der Waals surface area contributed by atoms with E-state index in [1.807, 2.05) is 9.80 Å². The van der Waals surface area contributed by atoms with Crippen LogP contribution in [0.5, 0.6) is 0 Å². The first-order chi connectivity index (χ1) is 11.0. The normalized spacial score (nSPS) is 15.4. The van der Waals surface area contributed by atoms with Gasteiger partial charge in [0.1, 0.15) is 0 Å². The number of carbonyl (C=O) groups is 2. The molecule has 0 bridgehead atoms. The summed E-state index contributed by atoms with van der Waals surface area (Å²) >= 11 is 1.73. The Labute approximate surface area is 143 Å². The third-order valence-electron chi connectivity index (χ3n) is 4.36. The van der Waals surface area contributed by atoms with E-state index >= 15 is 0 Å². The molecule has 5 heteroatoms. The topological polar surface area (TPSA) is 40.6 Å². The van der Waals surface area contributed by atoms with Crippen molar-refractivity contribution in [1.29, 1.82) is 0 Å². The summed E-state index contributed by atoms with van der Waals surface area (Å²) in [6, 6.07) is 6.43. The molecule has 23 heavy (non-hydrogen) atoms. The molecule has 0 unspecified atom stereocenters. The molecule has 1 aliphatic rings. The van der Waals surface area contributed by atoms with Crippen LogP contribution >= 0.6 is 11.8 Å². The van der Waals surface area contributed by atoms with Gasteiger partial charge >= 0.3 is 0 Å². The summed E-state index contributed by atoms with van der Waals surface area (Å²) in [5.74, 6) is 1.10. The van der Waals surface area contributed by atoms with Crippen molar-refractivity contribution in [3.8, 4) is 0 Å². The van der Waals surface area contributed by atoms with Gasteiger partial charge in [0, 0.05) is 50.2 Å². The maximum Gasteiger partial charge on any atom is 0.223 e. The largest absolute Gasteiger partial charge is 0.341 e. The average molecular weight is 334 g/mol. The fraction of sp³-hybridized carbons (Fsp3) is 0.556. The zero-order valence-electron chi connectivity index (χ0n) is 14.3. The van der Waals surface area contributed by atoms with Gasteiger partial charge in [-0.2, -0.15) is 0 Å². The molecule has 1 heterocycles. The van der Waals surface area contributed by atoms with Crippen LogP contribution in [-0.2, 0) is 9.59 Å². The molecule has 1 fully saturated rings. The second-order valence-corrected chi connectivity index (χ2v) is 7.25. The van der Waals surface area contributed by atoms with Gasteiger partial charge in [0.2, 0.25) is 11.8 Å². The van der Waals surface area contributed by atoms with Crippen LogP contribution in [0.3, 0.4) is 0 Å². The number of aryl methyl sites for hydroxylation is 2. The molecule has 0 aromatic heterocycles. The standard InChI is InChI=1S/C18H26N2O2S/c1-14-5-6-17(13-15(14)2)23-12-7-18(22)20-9-4-8-19(10-11-20)16(3)21/h5-6,13H,4,7-12H2,1-3H3. The molecule has 2 amide bonds. The molecule has 2 rings (SSSR count). The van der Waals surface area contributed by atoms with E-state index < -0.39 is 0 Å². The summed E-state index contributed by atoms with van der Waals surface area (Å²) in [4.78, 5) is 28.7. The molecule has 0 spiro atoms. The van der Waals surface area contributed by atoms with Crippen LogP contribution in [0.1, 0.15) is 30.9 Å². The highest BCUT2D eigenvalue weighted by Crippen LogP contribution is 2.22. The molecule has 0 N–H and O–H groups in total. The van der Waals surface area contributed by atoms with Crippen LogP contribution in [-0.4, -0.2) is 53.5 Å². The van der Waals surface area contributed by atoms with Crippen LogP contribution in [0.2, 0.25) is 0 Å². The molecule has 0 aliphatic carbocycles. The lowest BCUT2D eigenvalue weighted by molar-refractivity contribution is -0.132. The molecule has 1 saturated heterocycles. The van der Waals surface area contributed by atoms with E-state index in [0.717, 1.165) is 25.3 Å². The number of benzene rings is 1. The maximum atomic E-state index is 12.3. The summed E-state index contributed by atoms with van der Waals surface area (Å²) in [6.07, 6.45) is 1.42. The van der Waals surface area contributed by atoms with Gasteiger partial charge in [0.25, 0.3) is 0 Å². The number of thioether (sulfide) groups is 1. The minimum Gasteiger partial charge on any atom is -0.341 e. The minimum absolute atomic E-state index is 0.101. The summed E-state index contributed by atoms with van der Waals surface area (Å²) < 4.78 is 0. The highest BCUT2D eigenvalue weighted by Gasteiger charge is 2.19. The third-order valence-corrected chi connectivity index (χ3v) is 5.35. The summed E-state index contributed by atoms with van der Waals surface area (Å²) in [5.41, 5.74) is 2.59. The van der Waals surface area contributed by atoms with E-state index in [1.54, 1.807) is 18.7 Å². The van der Waals surface area contributed by atoms with Gasteiger partial charge in [-0.3, -0.25) is 9.59 Å². The second kappa shape index (κ2) is 8.39. The van der Waals surface area contributed by atoms with Crippen molar-refractivity contribution in [3.05, 3.63) is 29.3 Å². The Balaban J connectivity index is 1.78. The number of hydrogen-bond acceptors (Lipinski definition) is 3. The van der Waals surface area contributed by atoms with Crippen LogP contribution < -0.4 is 0 Å². The maximum absolute atomic E-state index is 12.3. The van der Waals surface area contributed by atoms with Crippen LogP contribution in [0.15, 0.2) is 23.1 Å². The third kappa shape index (κ3) is 5.27. The summed E-state index contributed by atoms with van der Waals surface area (Å²) in [5, 5.41) is 0. The Morgan fingerprint density at radius 1 is 1.04 bits per heavy atom.